The number of aliphatic hydroxyl groups excluding tert-OH is 1. The minimum Gasteiger partial charge on any atom is -0.481 e. The first-order chi connectivity index (χ1) is 8.09. The molecule has 0 aliphatic heterocycles. The molecule has 0 radical (unpaired) electrons. The second kappa shape index (κ2) is 7.01. The summed E-state index contributed by atoms with van der Waals surface area (Å²) in [5.74, 6) is -1.11. The summed E-state index contributed by atoms with van der Waals surface area (Å²) in [5.41, 5.74) is 0.699. The van der Waals surface area contributed by atoms with Crippen LogP contribution < -0.4 is 0 Å². The van der Waals surface area contributed by atoms with Gasteiger partial charge in [0.2, 0.25) is 0 Å². The van der Waals surface area contributed by atoms with Crippen LogP contribution in [-0.4, -0.2) is 16.2 Å². The topological polar surface area (TPSA) is 57.5 Å². The molecular weight excluding hydrogens is 223 g/mol. The molecule has 2 N–H and O–H groups in total. The Kier molecular flexibility index (Phi) is 5.63. The van der Waals surface area contributed by atoms with Crippen LogP contribution >= 0.6 is 0 Å². The van der Waals surface area contributed by atoms with Crippen molar-refractivity contribution < 1.29 is 19.4 Å². The Morgan fingerprint density at radius 1 is 1.18 bits per heavy atom. The van der Waals surface area contributed by atoms with Gasteiger partial charge < -0.3 is 10.2 Å². The summed E-state index contributed by atoms with van der Waals surface area (Å²) in [6.45, 7) is 0. The molecule has 0 fully saturated rings. The molecule has 0 aromatic heterocycles. The molecule has 0 heterocycles. The Morgan fingerprint density at radius 3 is 2.41 bits per heavy atom. The number of halogens is 1. The SMILES string of the molecule is O=C(O)CCCCCC(O)c1ccc(F)cc1. The highest BCUT2D eigenvalue weighted by Gasteiger charge is 2.07. The summed E-state index contributed by atoms with van der Waals surface area (Å²) < 4.78 is 12.6. The zero-order valence-electron chi connectivity index (χ0n) is 9.60. The van der Waals surface area contributed by atoms with E-state index in [0.717, 1.165) is 12.8 Å². The van der Waals surface area contributed by atoms with Crippen LogP contribution in [-0.2, 0) is 4.79 Å². The molecule has 1 rings (SSSR count). The molecule has 17 heavy (non-hydrogen) atoms. The number of benzene rings is 1. The van der Waals surface area contributed by atoms with Gasteiger partial charge in [0.05, 0.1) is 6.10 Å². The third-order valence-corrected chi connectivity index (χ3v) is 2.62. The van der Waals surface area contributed by atoms with Gasteiger partial charge in [-0.2, -0.15) is 0 Å². The summed E-state index contributed by atoms with van der Waals surface area (Å²) in [7, 11) is 0. The van der Waals surface area contributed by atoms with E-state index >= 15 is 0 Å². The van der Waals surface area contributed by atoms with Gasteiger partial charge in [-0.3, -0.25) is 4.79 Å². The maximum atomic E-state index is 12.6. The third kappa shape index (κ3) is 5.45. The van der Waals surface area contributed by atoms with Gasteiger partial charge in [0.25, 0.3) is 0 Å². The van der Waals surface area contributed by atoms with Gasteiger partial charge in [0.1, 0.15) is 5.82 Å². The molecule has 0 bridgehead atoms. The quantitative estimate of drug-likeness (QED) is 0.720. The highest BCUT2D eigenvalue weighted by molar-refractivity contribution is 5.66. The third-order valence-electron chi connectivity index (χ3n) is 2.62. The monoisotopic (exact) mass is 240 g/mol. The van der Waals surface area contributed by atoms with Gasteiger partial charge in [-0.1, -0.05) is 25.0 Å². The van der Waals surface area contributed by atoms with Crippen molar-refractivity contribution in [1.29, 1.82) is 0 Å². The van der Waals surface area contributed by atoms with Crippen LogP contribution in [0, 0.1) is 5.82 Å². The van der Waals surface area contributed by atoms with E-state index in [4.69, 9.17) is 5.11 Å². The number of rotatable bonds is 7. The molecule has 3 nitrogen and oxygen atoms in total. The minimum atomic E-state index is -0.788. The van der Waals surface area contributed by atoms with Crippen molar-refractivity contribution >= 4 is 5.97 Å². The number of carbonyl (C=O) groups is 1. The highest BCUT2D eigenvalue weighted by Crippen LogP contribution is 2.20. The first-order valence-electron chi connectivity index (χ1n) is 5.75. The molecule has 0 amide bonds. The van der Waals surface area contributed by atoms with Crippen LogP contribution in [0.25, 0.3) is 0 Å². The van der Waals surface area contributed by atoms with Crippen molar-refractivity contribution in [2.75, 3.05) is 0 Å². The molecule has 1 aromatic carbocycles. The van der Waals surface area contributed by atoms with E-state index in [-0.39, 0.29) is 12.2 Å². The lowest BCUT2D eigenvalue weighted by Gasteiger charge is -2.10. The summed E-state index contributed by atoms with van der Waals surface area (Å²) in [5, 5.41) is 18.2. The van der Waals surface area contributed by atoms with E-state index in [2.05, 4.69) is 0 Å². The molecule has 1 aromatic rings. The number of aliphatic carboxylic acids is 1. The Labute approximate surface area is 99.9 Å². The Morgan fingerprint density at radius 2 is 1.82 bits per heavy atom. The van der Waals surface area contributed by atoms with Gasteiger partial charge in [-0.15, -0.1) is 0 Å². The molecule has 0 saturated carbocycles. The predicted octanol–water partition coefficient (Wildman–Crippen LogP) is 2.89. The molecule has 0 spiro atoms. The fraction of sp³-hybridized carbons (Fsp3) is 0.462. The lowest BCUT2D eigenvalue weighted by atomic mass is 10.0. The molecule has 94 valence electrons. The summed E-state index contributed by atoms with van der Waals surface area (Å²) in [4.78, 5) is 10.3. The van der Waals surface area contributed by atoms with Crippen molar-refractivity contribution in [2.45, 2.75) is 38.2 Å². The second-order valence-corrected chi connectivity index (χ2v) is 4.06. The van der Waals surface area contributed by atoms with Crippen molar-refractivity contribution in [3.63, 3.8) is 0 Å². The van der Waals surface area contributed by atoms with Crippen LogP contribution in [0.15, 0.2) is 24.3 Å². The molecule has 1 unspecified atom stereocenters. The standard InChI is InChI=1S/C13H17FO3/c14-11-8-6-10(7-9-11)12(15)4-2-1-3-5-13(16)17/h6-9,12,15H,1-5H2,(H,16,17). The molecule has 1 atom stereocenters. The number of unbranched alkanes of at least 4 members (excludes halogenated alkanes) is 2. The Balaban J connectivity index is 2.23. The van der Waals surface area contributed by atoms with Crippen LogP contribution in [0.3, 0.4) is 0 Å². The Hall–Kier alpha value is -1.42. The first kappa shape index (κ1) is 13.6. The van der Waals surface area contributed by atoms with Gasteiger partial charge in [0.15, 0.2) is 0 Å². The first-order valence-corrected chi connectivity index (χ1v) is 5.75. The van der Waals surface area contributed by atoms with Gasteiger partial charge >= 0.3 is 5.97 Å². The Bertz CT molecular complexity index is 348. The summed E-state index contributed by atoms with van der Waals surface area (Å²) >= 11 is 0. The lowest BCUT2D eigenvalue weighted by Crippen LogP contribution is -1.98. The zero-order chi connectivity index (χ0) is 12.7. The van der Waals surface area contributed by atoms with Gasteiger partial charge in [-0.05, 0) is 30.5 Å². The summed E-state index contributed by atoms with van der Waals surface area (Å²) in [6, 6.07) is 5.78. The molecule has 0 saturated heterocycles. The average Bonchev–Trinajstić information content (AvgIpc) is 2.29. The fourth-order valence-electron chi connectivity index (χ4n) is 1.64. The largest absolute Gasteiger partial charge is 0.481 e. The lowest BCUT2D eigenvalue weighted by molar-refractivity contribution is -0.137. The fourth-order valence-corrected chi connectivity index (χ4v) is 1.64. The van der Waals surface area contributed by atoms with E-state index in [1.165, 1.54) is 12.1 Å². The number of hydrogen-bond donors (Lipinski definition) is 2. The van der Waals surface area contributed by atoms with Crippen LogP contribution in [0.1, 0.15) is 43.8 Å². The predicted molar refractivity (Wildman–Crippen MR) is 62.1 cm³/mol. The second-order valence-electron chi connectivity index (χ2n) is 4.06. The maximum Gasteiger partial charge on any atom is 0.303 e. The molecule has 0 aliphatic carbocycles. The molecular formula is C13H17FO3. The van der Waals surface area contributed by atoms with Crippen molar-refractivity contribution in [3.05, 3.63) is 35.6 Å². The number of carboxylic acid groups (broad SMARTS) is 1. The van der Waals surface area contributed by atoms with Gasteiger partial charge in [-0.25, -0.2) is 4.39 Å². The van der Waals surface area contributed by atoms with Crippen molar-refractivity contribution in [3.8, 4) is 0 Å². The van der Waals surface area contributed by atoms with Crippen molar-refractivity contribution in [1.82, 2.24) is 0 Å². The average molecular weight is 240 g/mol. The molecule has 4 heteroatoms. The number of hydrogen-bond acceptors (Lipinski definition) is 2. The van der Waals surface area contributed by atoms with E-state index in [0.29, 0.717) is 18.4 Å². The zero-order valence-corrected chi connectivity index (χ0v) is 9.60. The van der Waals surface area contributed by atoms with E-state index in [9.17, 15) is 14.3 Å². The van der Waals surface area contributed by atoms with E-state index < -0.39 is 12.1 Å². The number of aliphatic hydroxyl groups is 1. The van der Waals surface area contributed by atoms with Crippen molar-refractivity contribution in [2.24, 2.45) is 0 Å². The van der Waals surface area contributed by atoms with E-state index in [1.807, 2.05) is 0 Å². The number of carboxylic acids is 1. The van der Waals surface area contributed by atoms with Crippen LogP contribution in [0.4, 0.5) is 4.39 Å². The van der Waals surface area contributed by atoms with Gasteiger partial charge in [0, 0.05) is 6.42 Å². The normalized spacial score (nSPS) is 12.4. The minimum absolute atomic E-state index is 0.173. The smallest absolute Gasteiger partial charge is 0.303 e. The van der Waals surface area contributed by atoms with Crippen LogP contribution in [0.2, 0.25) is 0 Å². The highest BCUT2D eigenvalue weighted by atomic mass is 19.1. The molecule has 0 aliphatic rings. The van der Waals surface area contributed by atoms with Crippen LogP contribution in [0.5, 0.6) is 0 Å². The van der Waals surface area contributed by atoms with E-state index in [1.54, 1.807) is 12.1 Å². The summed E-state index contributed by atoms with van der Waals surface area (Å²) in [6.07, 6.45) is 2.33. The maximum absolute atomic E-state index is 12.6.